The smallest absolute Gasteiger partial charge is 0.202 e. The molecule has 0 radical (unpaired) electrons. The predicted molar refractivity (Wildman–Crippen MR) is 154 cm³/mol. The quantitative estimate of drug-likeness (QED) is 0.176. The highest BCUT2D eigenvalue weighted by Crippen LogP contribution is 2.35. The average molecular weight is 534 g/mol. The highest BCUT2D eigenvalue weighted by atomic mass is 35.5. The van der Waals surface area contributed by atoms with Crippen molar-refractivity contribution in [3.05, 3.63) is 80.1 Å². The van der Waals surface area contributed by atoms with Crippen LogP contribution in [0.4, 0.5) is 11.6 Å². The van der Waals surface area contributed by atoms with E-state index >= 15 is 0 Å². The standard InChI is InChI=1S/C30H32ClN3O4/c1-6-12-34(7-2)30-18(4)28(37)23-14-17(3)13-22(29(23)38-30)19(5)32-24-10-11-26(31)33-27(24)20-8-9-21(16-35)25(36)15-20/h8-11,13-16,19,32,36H,6-7,12H2,1-5H3. The number of phenolic OH excluding ortho intramolecular Hbond substituents is 1. The lowest BCUT2D eigenvalue weighted by atomic mass is 9.99. The number of aromatic hydroxyl groups is 1. The molecule has 4 aromatic rings. The number of hydrogen-bond acceptors (Lipinski definition) is 7. The number of rotatable bonds is 9. The SMILES string of the molecule is CCCN(CC)c1oc2c(C(C)Nc3ccc(Cl)nc3-c3ccc(C=O)c(O)c3)cc(C)cc2c(=O)c1C. The maximum absolute atomic E-state index is 13.4. The topological polar surface area (TPSA) is 95.7 Å². The van der Waals surface area contributed by atoms with Crippen molar-refractivity contribution < 1.29 is 14.3 Å². The fourth-order valence-electron chi connectivity index (χ4n) is 4.73. The van der Waals surface area contributed by atoms with E-state index in [0.717, 1.165) is 30.6 Å². The van der Waals surface area contributed by atoms with Gasteiger partial charge in [0.2, 0.25) is 5.88 Å². The number of aromatic nitrogens is 1. The zero-order valence-electron chi connectivity index (χ0n) is 22.3. The summed E-state index contributed by atoms with van der Waals surface area (Å²) in [4.78, 5) is 31.2. The van der Waals surface area contributed by atoms with Gasteiger partial charge in [-0.15, -0.1) is 0 Å². The Morgan fingerprint density at radius 3 is 2.58 bits per heavy atom. The normalized spacial score (nSPS) is 11.9. The minimum Gasteiger partial charge on any atom is -0.507 e. The molecule has 2 heterocycles. The number of anilines is 2. The van der Waals surface area contributed by atoms with Crippen LogP contribution in [-0.2, 0) is 0 Å². The fourth-order valence-corrected chi connectivity index (χ4v) is 4.87. The summed E-state index contributed by atoms with van der Waals surface area (Å²) >= 11 is 6.22. The Morgan fingerprint density at radius 1 is 1.16 bits per heavy atom. The first-order valence-corrected chi connectivity index (χ1v) is 13.1. The van der Waals surface area contributed by atoms with Gasteiger partial charge in [-0.1, -0.05) is 30.7 Å². The van der Waals surface area contributed by atoms with Crippen molar-refractivity contribution in [1.82, 2.24) is 4.98 Å². The number of fused-ring (bicyclic) bond motifs is 1. The molecule has 1 unspecified atom stereocenters. The number of pyridine rings is 1. The molecule has 7 nitrogen and oxygen atoms in total. The molecule has 0 saturated heterocycles. The molecule has 4 rings (SSSR count). The molecule has 0 aliphatic carbocycles. The average Bonchev–Trinajstić information content (AvgIpc) is 2.90. The molecule has 198 valence electrons. The molecule has 0 amide bonds. The molecule has 2 aromatic heterocycles. The maximum Gasteiger partial charge on any atom is 0.202 e. The molecule has 0 fully saturated rings. The van der Waals surface area contributed by atoms with Crippen LogP contribution in [-0.4, -0.2) is 29.5 Å². The Kier molecular flexibility index (Phi) is 8.07. The molecule has 1 atom stereocenters. The molecule has 2 aromatic carbocycles. The fraction of sp³-hybridized carbons (Fsp3) is 0.300. The maximum atomic E-state index is 13.4. The molecular weight excluding hydrogens is 502 g/mol. The highest BCUT2D eigenvalue weighted by molar-refractivity contribution is 6.29. The monoisotopic (exact) mass is 533 g/mol. The van der Waals surface area contributed by atoms with Crippen molar-refractivity contribution in [2.24, 2.45) is 0 Å². The van der Waals surface area contributed by atoms with Gasteiger partial charge in [-0.05, 0) is 70.0 Å². The third-order valence-corrected chi connectivity index (χ3v) is 6.87. The molecule has 0 aliphatic heterocycles. The van der Waals surface area contributed by atoms with Gasteiger partial charge in [-0.3, -0.25) is 9.59 Å². The van der Waals surface area contributed by atoms with Crippen molar-refractivity contribution in [3.8, 4) is 17.0 Å². The second-order valence-corrected chi connectivity index (χ2v) is 9.85. The number of carbonyl (C=O) groups excluding carboxylic acids is 1. The number of aldehydes is 1. The van der Waals surface area contributed by atoms with Crippen LogP contribution in [0.2, 0.25) is 5.15 Å². The molecule has 0 spiro atoms. The summed E-state index contributed by atoms with van der Waals surface area (Å²) in [6, 6.07) is 11.8. The van der Waals surface area contributed by atoms with Gasteiger partial charge in [0.25, 0.3) is 0 Å². The number of aryl methyl sites for hydroxylation is 1. The van der Waals surface area contributed by atoms with E-state index in [1.807, 2.05) is 45.9 Å². The summed E-state index contributed by atoms with van der Waals surface area (Å²) in [5.41, 5.74) is 4.89. The molecule has 38 heavy (non-hydrogen) atoms. The van der Waals surface area contributed by atoms with Gasteiger partial charge in [0.05, 0.1) is 33.9 Å². The van der Waals surface area contributed by atoms with Gasteiger partial charge >= 0.3 is 0 Å². The van der Waals surface area contributed by atoms with E-state index in [-0.39, 0.29) is 22.8 Å². The van der Waals surface area contributed by atoms with Crippen LogP contribution in [0.5, 0.6) is 5.75 Å². The number of carbonyl (C=O) groups is 1. The number of nitrogens with zero attached hydrogens (tertiary/aromatic N) is 2. The zero-order chi connectivity index (χ0) is 27.6. The van der Waals surface area contributed by atoms with Gasteiger partial charge in [-0.25, -0.2) is 4.98 Å². The number of nitrogens with one attached hydrogen (secondary N) is 1. The number of hydrogen-bond donors (Lipinski definition) is 2. The van der Waals surface area contributed by atoms with Crippen LogP contribution >= 0.6 is 11.6 Å². The second-order valence-electron chi connectivity index (χ2n) is 9.46. The van der Waals surface area contributed by atoms with E-state index in [9.17, 15) is 14.7 Å². The number of phenols is 1. The van der Waals surface area contributed by atoms with Crippen molar-refractivity contribution in [2.45, 2.75) is 47.1 Å². The summed E-state index contributed by atoms with van der Waals surface area (Å²) in [5, 5.41) is 14.6. The third kappa shape index (κ3) is 5.24. The summed E-state index contributed by atoms with van der Waals surface area (Å²) in [6.45, 7) is 11.4. The molecule has 2 N–H and O–H groups in total. The molecule has 0 saturated carbocycles. The van der Waals surface area contributed by atoms with E-state index < -0.39 is 0 Å². The van der Waals surface area contributed by atoms with Crippen LogP contribution in [0.25, 0.3) is 22.2 Å². The van der Waals surface area contributed by atoms with Crippen LogP contribution < -0.4 is 15.6 Å². The summed E-state index contributed by atoms with van der Waals surface area (Å²) < 4.78 is 6.48. The Labute approximate surface area is 227 Å². The molecular formula is C30H32ClN3O4. The number of benzene rings is 2. The summed E-state index contributed by atoms with van der Waals surface area (Å²) in [5.74, 6) is 0.462. The zero-order valence-corrected chi connectivity index (χ0v) is 23.0. The molecule has 8 heteroatoms. The Balaban J connectivity index is 1.83. The molecule has 0 aliphatic rings. The van der Waals surface area contributed by atoms with Gasteiger partial charge in [0, 0.05) is 24.2 Å². The largest absolute Gasteiger partial charge is 0.507 e. The first-order valence-electron chi connectivity index (χ1n) is 12.7. The Hall–Kier alpha value is -3.84. The lowest BCUT2D eigenvalue weighted by molar-refractivity contribution is 0.112. The van der Waals surface area contributed by atoms with Gasteiger partial charge in [0.15, 0.2) is 11.7 Å². The van der Waals surface area contributed by atoms with Crippen LogP contribution in [0.3, 0.4) is 0 Å². The van der Waals surface area contributed by atoms with E-state index in [1.54, 1.807) is 12.1 Å². The number of halogens is 1. The van der Waals surface area contributed by atoms with E-state index in [0.29, 0.717) is 50.8 Å². The first kappa shape index (κ1) is 27.2. The minimum atomic E-state index is -0.276. The van der Waals surface area contributed by atoms with Gasteiger partial charge in [-0.2, -0.15) is 0 Å². The lowest BCUT2D eigenvalue weighted by Crippen LogP contribution is -2.26. The van der Waals surface area contributed by atoms with Crippen LogP contribution in [0.1, 0.15) is 60.3 Å². The van der Waals surface area contributed by atoms with Gasteiger partial charge < -0.3 is 19.7 Å². The Morgan fingerprint density at radius 2 is 1.92 bits per heavy atom. The van der Waals surface area contributed by atoms with E-state index in [1.165, 1.54) is 12.1 Å². The van der Waals surface area contributed by atoms with Crippen molar-refractivity contribution in [1.29, 1.82) is 0 Å². The minimum absolute atomic E-state index is 0.0347. The van der Waals surface area contributed by atoms with Crippen molar-refractivity contribution in [2.75, 3.05) is 23.3 Å². The lowest BCUT2D eigenvalue weighted by Gasteiger charge is -2.24. The van der Waals surface area contributed by atoms with Crippen molar-refractivity contribution in [3.63, 3.8) is 0 Å². The van der Waals surface area contributed by atoms with E-state index in [4.69, 9.17) is 16.0 Å². The first-order chi connectivity index (χ1) is 18.2. The van der Waals surface area contributed by atoms with Crippen LogP contribution in [0.15, 0.2) is 51.7 Å². The van der Waals surface area contributed by atoms with Crippen molar-refractivity contribution >= 4 is 40.4 Å². The third-order valence-electron chi connectivity index (χ3n) is 6.66. The van der Waals surface area contributed by atoms with Crippen LogP contribution in [0, 0.1) is 13.8 Å². The molecule has 0 bridgehead atoms. The van der Waals surface area contributed by atoms with Gasteiger partial charge in [0.1, 0.15) is 16.5 Å². The predicted octanol–water partition coefficient (Wildman–Crippen LogP) is 7.05. The summed E-state index contributed by atoms with van der Waals surface area (Å²) in [6.07, 6.45) is 1.53. The second kappa shape index (κ2) is 11.3. The van der Waals surface area contributed by atoms with E-state index in [2.05, 4.69) is 22.1 Å². The summed E-state index contributed by atoms with van der Waals surface area (Å²) in [7, 11) is 0. The highest BCUT2D eigenvalue weighted by Gasteiger charge is 2.21. The Bertz CT molecular complexity index is 1560.